The number of hydrogen-bond acceptors (Lipinski definition) is 1. The second kappa shape index (κ2) is 2.13. The summed E-state index contributed by atoms with van der Waals surface area (Å²) in [7, 11) is 5.46. The Balaban J connectivity index is 3.17. The quantitative estimate of drug-likeness (QED) is 0.385. The van der Waals surface area contributed by atoms with Crippen LogP contribution in [0.15, 0.2) is 18.2 Å². The van der Waals surface area contributed by atoms with Crippen LogP contribution in [-0.4, -0.2) is 7.85 Å². The Bertz CT molecular complexity index is 220. The van der Waals surface area contributed by atoms with Gasteiger partial charge in [0.1, 0.15) is 7.85 Å². The largest absolute Gasteiger partial charge is 0.399 e. The molecule has 0 aliphatic carbocycles. The van der Waals surface area contributed by atoms with Crippen molar-refractivity contribution in [2.24, 2.45) is 0 Å². The number of nitrogens with two attached hydrogens (primary N) is 1. The topological polar surface area (TPSA) is 26.0 Å². The van der Waals surface area contributed by atoms with Crippen LogP contribution in [-0.2, 0) is 0 Å². The van der Waals surface area contributed by atoms with Gasteiger partial charge in [0.25, 0.3) is 0 Å². The molecule has 2 radical (unpaired) electrons. The molecule has 0 aromatic heterocycles. The smallest absolute Gasteiger partial charge is 0.116 e. The van der Waals surface area contributed by atoms with Crippen LogP contribution in [0.25, 0.3) is 0 Å². The van der Waals surface area contributed by atoms with Crippen LogP contribution in [0.5, 0.6) is 0 Å². The zero-order valence-electron chi connectivity index (χ0n) is 5.39. The van der Waals surface area contributed by atoms with Gasteiger partial charge in [-0.15, -0.1) is 0 Å². The molecule has 0 amide bonds. The van der Waals surface area contributed by atoms with Crippen LogP contribution in [0.2, 0.25) is 0 Å². The first-order chi connectivity index (χ1) is 4.20. The molecular formula is C7H8BN. The predicted octanol–water partition coefficient (Wildman–Crippen LogP) is 0.371. The third-order valence-electron chi connectivity index (χ3n) is 1.24. The molecule has 2 heteroatoms. The fourth-order valence-corrected chi connectivity index (χ4v) is 0.694. The van der Waals surface area contributed by atoms with E-state index < -0.39 is 0 Å². The van der Waals surface area contributed by atoms with Gasteiger partial charge in [-0.25, -0.2) is 0 Å². The lowest BCUT2D eigenvalue weighted by molar-refractivity contribution is 1.49. The summed E-state index contributed by atoms with van der Waals surface area (Å²) in [5, 5.41) is 0. The van der Waals surface area contributed by atoms with Gasteiger partial charge in [0.15, 0.2) is 0 Å². The number of nitrogen functional groups attached to an aromatic ring is 1. The molecule has 1 nitrogen and oxygen atoms in total. The highest BCUT2D eigenvalue weighted by molar-refractivity contribution is 6.35. The third kappa shape index (κ3) is 1.25. The molecule has 0 bridgehead atoms. The summed E-state index contributed by atoms with van der Waals surface area (Å²) in [4.78, 5) is 0. The molecule has 1 aromatic carbocycles. The van der Waals surface area contributed by atoms with E-state index in [0.717, 1.165) is 5.56 Å². The molecule has 1 aromatic rings. The van der Waals surface area contributed by atoms with Crippen LogP contribution in [0.1, 0.15) is 5.56 Å². The van der Waals surface area contributed by atoms with Gasteiger partial charge in [0.05, 0.1) is 0 Å². The van der Waals surface area contributed by atoms with E-state index in [1.165, 1.54) is 0 Å². The predicted molar refractivity (Wildman–Crippen MR) is 41.0 cm³/mol. The summed E-state index contributed by atoms with van der Waals surface area (Å²) in [6, 6.07) is 5.60. The van der Waals surface area contributed by atoms with Crippen molar-refractivity contribution in [3.8, 4) is 0 Å². The second-order valence-electron chi connectivity index (χ2n) is 2.13. The van der Waals surface area contributed by atoms with Crippen molar-refractivity contribution in [1.82, 2.24) is 0 Å². The minimum absolute atomic E-state index is 0.653. The van der Waals surface area contributed by atoms with Crippen LogP contribution in [0, 0.1) is 6.92 Å². The number of benzene rings is 1. The lowest BCUT2D eigenvalue weighted by atomic mass is 9.93. The summed E-state index contributed by atoms with van der Waals surface area (Å²) >= 11 is 0. The Morgan fingerprint density at radius 3 is 2.56 bits per heavy atom. The first-order valence-electron chi connectivity index (χ1n) is 2.82. The monoisotopic (exact) mass is 117 g/mol. The highest BCUT2D eigenvalue weighted by atomic mass is 14.5. The molecule has 44 valence electrons. The van der Waals surface area contributed by atoms with Gasteiger partial charge in [-0.1, -0.05) is 17.6 Å². The highest BCUT2D eigenvalue weighted by Crippen LogP contribution is 2.00. The Labute approximate surface area is 56.3 Å². The van der Waals surface area contributed by atoms with Gasteiger partial charge in [-0.2, -0.15) is 0 Å². The molecule has 0 atom stereocenters. The Morgan fingerprint density at radius 2 is 2.11 bits per heavy atom. The molecule has 0 fully saturated rings. The molecule has 0 unspecified atom stereocenters. The molecule has 9 heavy (non-hydrogen) atoms. The summed E-state index contributed by atoms with van der Waals surface area (Å²) in [6.07, 6.45) is 0. The molecule has 0 aliphatic heterocycles. The summed E-state index contributed by atoms with van der Waals surface area (Å²) in [5.74, 6) is 0. The van der Waals surface area contributed by atoms with Gasteiger partial charge in [-0.3, -0.25) is 0 Å². The van der Waals surface area contributed by atoms with Crippen LogP contribution in [0.4, 0.5) is 5.69 Å². The SMILES string of the molecule is [B]c1ccc(C)cc1N. The van der Waals surface area contributed by atoms with E-state index in [9.17, 15) is 0 Å². The van der Waals surface area contributed by atoms with E-state index in [1.54, 1.807) is 0 Å². The van der Waals surface area contributed by atoms with E-state index in [0.29, 0.717) is 11.2 Å². The van der Waals surface area contributed by atoms with Crippen molar-refractivity contribution >= 4 is 19.0 Å². The molecule has 0 saturated carbocycles. The number of rotatable bonds is 0. The third-order valence-corrected chi connectivity index (χ3v) is 1.24. The molecule has 2 N–H and O–H groups in total. The normalized spacial score (nSPS) is 9.44. The Hall–Kier alpha value is -0.915. The Kier molecular flexibility index (Phi) is 1.47. The van der Waals surface area contributed by atoms with Crippen LogP contribution < -0.4 is 11.2 Å². The van der Waals surface area contributed by atoms with E-state index in [-0.39, 0.29) is 0 Å². The molecule has 0 spiro atoms. The van der Waals surface area contributed by atoms with Gasteiger partial charge in [-0.05, 0) is 18.6 Å². The van der Waals surface area contributed by atoms with E-state index in [2.05, 4.69) is 0 Å². The summed E-state index contributed by atoms with van der Waals surface area (Å²) < 4.78 is 0. The van der Waals surface area contributed by atoms with Crippen molar-refractivity contribution in [2.45, 2.75) is 6.92 Å². The number of aryl methyl sites for hydroxylation is 1. The van der Waals surface area contributed by atoms with Crippen molar-refractivity contribution in [2.75, 3.05) is 5.73 Å². The van der Waals surface area contributed by atoms with E-state index in [4.69, 9.17) is 13.6 Å². The number of hydrogen-bond donors (Lipinski definition) is 1. The maximum Gasteiger partial charge on any atom is 0.116 e. The standard InChI is InChI=1S/C7H8BN/c1-5-2-3-6(8)7(9)4-5/h2-4H,9H2,1H3. The fourth-order valence-electron chi connectivity index (χ4n) is 0.694. The molecular weight excluding hydrogens is 109 g/mol. The van der Waals surface area contributed by atoms with Crippen molar-refractivity contribution in [3.63, 3.8) is 0 Å². The maximum absolute atomic E-state index is 5.50. The molecule has 0 saturated heterocycles. The summed E-state index contributed by atoms with van der Waals surface area (Å²) in [5.41, 5.74) is 7.95. The average molecular weight is 117 g/mol. The fraction of sp³-hybridized carbons (Fsp3) is 0.143. The van der Waals surface area contributed by atoms with Crippen molar-refractivity contribution in [1.29, 1.82) is 0 Å². The zero-order valence-corrected chi connectivity index (χ0v) is 5.39. The first kappa shape index (κ1) is 6.21. The van der Waals surface area contributed by atoms with Crippen molar-refractivity contribution in [3.05, 3.63) is 23.8 Å². The Morgan fingerprint density at radius 1 is 1.44 bits per heavy atom. The first-order valence-corrected chi connectivity index (χ1v) is 2.82. The van der Waals surface area contributed by atoms with E-state index >= 15 is 0 Å². The maximum atomic E-state index is 5.50. The minimum atomic E-state index is 0.653. The van der Waals surface area contributed by atoms with Gasteiger partial charge < -0.3 is 5.73 Å². The van der Waals surface area contributed by atoms with Crippen LogP contribution in [0.3, 0.4) is 0 Å². The minimum Gasteiger partial charge on any atom is -0.399 e. The van der Waals surface area contributed by atoms with Gasteiger partial charge >= 0.3 is 0 Å². The highest BCUT2D eigenvalue weighted by Gasteiger charge is 1.89. The second-order valence-corrected chi connectivity index (χ2v) is 2.13. The molecule has 1 rings (SSSR count). The van der Waals surface area contributed by atoms with Crippen LogP contribution >= 0.6 is 0 Å². The average Bonchev–Trinajstić information content (AvgIpc) is 1.80. The molecule has 0 heterocycles. The lowest BCUT2D eigenvalue weighted by Crippen LogP contribution is -2.08. The van der Waals surface area contributed by atoms with E-state index in [1.807, 2.05) is 25.1 Å². The van der Waals surface area contributed by atoms with Gasteiger partial charge in [0.2, 0.25) is 0 Å². The zero-order chi connectivity index (χ0) is 6.85. The molecule has 0 aliphatic rings. The lowest BCUT2D eigenvalue weighted by Gasteiger charge is -1.98. The van der Waals surface area contributed by atoms with Gasteiger partial charge in [0, 0.05) is 5.69 Å². The summed E-state index contributed by atoms with van der Waals surface area (Å²) in [6.45, 7) is 1.98. The number of anilines is 1. The van der Waals surface area contributed by atoms with Crippen molar-refractivity contribution < 1.29 is 0 Å².